The van der Waals surface area contributed by atoms with Crippen molar-refractivity contribution in [3.05, 3.63) is 35.4 Å². The van der Waals surface area contributed by atoms with Gasteiger partial charge in [0.15, 0.2) is 5.79 Å². The molecule has 0 spiro atoms. The summed E-state index contributed by atoms with van der Waals surface area (Å²) in [7, 11) is 1.21. The molecule has 0 bridgehead atoms. The number of fused-ring (bicyclic) bond motifs is 1. The highest BCUT2D eigenvalue weighted by Crippen LogP contribution is 2.40. The van der Waals surface area contributed by atoms with Crippen molar-refractivity contribution in [2.75, 3.05) is 7.11 Å². The average Bonchev–Trinajstić information content (AvgIpc) is 3.31. The summed E-state index contributed by atoms with van der Waals surface area (Å²) >= 11 is 0. The zero-order chi connectivity index (χ0) is 29.0. The first-order valence-electron chi connectivity index (χ1n) is 13.0. The largest absolute Gasteiger partial charge is 0.467 e. The predicted octanol–water partition coefficient (Wildman–Crippen LogP) is 3.55. The molecule has 0 aromatic heterocycles. The van der Waals surface area contributed by atoms with Crippen LogP contribution in [0.3, 0.4) is 0 Å². The lowest BCUT2D eigenvalue weighted by molar-refractivity contribution is -0.152. The van der Waals surface area contributed by atoms with Gasteiger partial charge in [-0.15, -0.1) is 0 Å². The Morgan fingerprint density at radius 1 is 1.00 bits per heavy atom. The van der Waals surface area contributed by atoms with Crippen molar-refractivity contribution in [1.29, 1.82) is 0 Å². The van der Waals surface area contributed by atoms with E-state index in [1.807, 2.05) is 13.8 Å². The van der Waals surface area contributed by atoms with Gasteiger partial charge in [0.25, 0.3) is 5.91 Å². The van der Waals surface area contributed by atoms with Crippen LogP contribution in [0, 0.1) is 29.6 Å². The summed E-state index contributed by atoms with van der Waals surface area (Å²) in [5.74, 6) is 10.4. The average molecular weight is 539 g/mol. The van der Waals surface area contributed by atoms with Gasteiger partial charge in [-0.1, -0.05) is 11.8 Å². The van der Waals surface area contributed by atoms with Gasteiger partial charge in [0.1, 0.15) is 11.6 Å². The third-order valence-corrected chi connectivity index (χ3v) is 6.27. The first kappa shape index (κ1) is 30.0. The molecule has 1 heterocycles. The number of esters is 1. The number of hydrogen-bond acceptors (Lipinski definition) is 7. The Kier molecular flexibility index (Phi) is 9.00. The zero-order valence-corrected chi connectivity index (χ0v) is 23.9. The summed E-state index contributed by atoms with van der Waals surface area (Å²) < 4.78 is 21.9. The first-order chi connectivity index (χ1) is 18.1. The second-order valence-corrected chi connectivity index (χ2v) is 11.8. The number of alkyl carbamates (subject to hydrolysis) is 1. The predicted molar refractivity (Wildman–Crippen MR) is 144 cm³/mol. The van der Waals surface area contributed by atoms with Gasteiger partial charge in [-0.2, -0.15) is 0 Å². The molecule has 1 aliphatic carbocycles. The Morgan fingerprint density at radius 2 is 1.59 bits per heavy atom. The molecule has 1 saturated carbocycles. The van der Waals surface area contributed by atoms with Crippen LogP contribution in [0.5, 0.6) is 0 Å². The van der Waals surface area contributed by atoms with Crippen LogP contribution in [0.2, 0.25) is 0 Å². The summed E-state index contributed by atoms with van der Waals surface area (Å²) in [5.41, 5.74) is -0.929. The summed E-state index contributed by atoms with van der Waals surface area (Å²) in [5, 5.41) is 5.29. The first-order valence-corrected chi connectivity index (χ1v) is 13.0. The smallest absolute Gasteiger partial charge is 0.408 e. The van der Waals surface area contributed by atoms with Crippen molar-refractivity contribution >= 4 is 18.0 Å². The van der Waals surface area contributed by atoms with Gasteiger partial charge in [-0.25, -0.2) is 9.59 Å². The van der Waals surface area contributed by atoms with Crippen LogP contribution in [-0.2, 0) is 23.7 Å². The van der Waals surface area contributed by atoms with Crippen LogP contribution in [0.25, 0.3) is 0 Å². The summed E-state index contributed by atoms with van der Waals surface area (Å²) in [6.45, 7) is 12.2. The van der Waals surface area contributed by atoms with Gasteiger partial charge < -0.3 is 29.6 Å². The van der Waals surface area contributed by atoms with Crippen molar-refractivity contribution in [2.24, 2.45) is 5.92 Å². The highest BCUT2D eigenvalue weighted by molar-refractivity contribution is 5.97. The van der Waals surface area contributed by atoms with E-state index in [1.165, 1.54) is 7.11 Å². The maximum absolute atomic E-state index is 12.9. The Hall–Kier alpha value is -3.53. The lowest BCUT2D eigenvalue weighted by Crippen LogP contribution is -2.62. The zero-order valence-electron chi connectivity index (χ0n) is 23.9. The molecule has 1 aliphatic heterocycles. The van der Waals surface area contributed by atoms with Gasteiger partial charge in [0.05, 0.1) is 24.9 Å². The number of methoxy groups -OCH3 is 1. The minimum atomic E-state index is -1.21. The molecular weight excluding hydrogens is 500 g/mol. The second kappa shape index (κ2) is 11.7. The molecule has 9 nitrogen and oxygen atoms in total. The third kappa shape index (κ3) is 8.48. The van der Waals surface area contributed by atoms with Gasteiger partial charge in [-0.05, 0) is 97.4 Å². The van der Waals surface area contributed by atoms with E-state index in [0.29, 0.717) is 11.1 Å². The standard InChI is InChI=1S/C30H38N2O7/c1-28(2,3)39-27(35)32-29(4,5)24(26(34)36-8)31-25(33)21-15-13-19(14-16-21)11-9-10-12-20-17-22-23(18-20)38-30(6,7)37-22/h13-16,20,22-24H,17-18H2,1-8H3,(H,31,33)(H,32,35)/t20?,22-,23+,24-/m1/s1. The Labute approximate surface area is 230 Å². The normalized spacial score (nSPS) is 22.2. The van der Waals surface area contributed by atoms with E-state index in [1.54, 1.807) is 58.9 Å². The maximum Gasteiger partial charge on any atom is 0.408 e. The van der Waals surface area contributed by atoms with Crippen molar-refractivity contribution < 1.29 is 33.3 Å². The van der Waals surface area contributed by atoms with Crippen molar-refractivity contribution in [3.8, 4) is 23.7 Å². The van der Waals surface area contributed by atoms with Crippen LogP contribution in [0.4, 0.5) is 4.79 Å². The highest BCUT2D eigenvalue weighted by atomic mass is 16.8. The van der Waals surface area contributed by atoms with Gasteiger partial charge in [-0.3, -0.25) is 4.79 Å². The molecule has 2 N–H and O–H groups in total. The topological polar surface area (TPSA) is 112 Å². The number of benzene rings is 1. The van der Waals surface area contributed by atoms with Crippen molar-refractivity contribution in [1.82, 2.24) is 10.6 Å². The molecule has 0 radical (unpaired) electrons. The second-order valence-electron chi connectivity index (χ2n) is 11.8. The number of carbonyl (C=O) groups excluding carboxylic acids is 3. The van der Waals surface area contributed by atoms with Crippen molar-refractivity contribution in [2.45, 2.75) is 96.5 Å². The maximum atomic E-state index is 12.9. The molecule has 1 aromatic rings. The molecule has 3 rings (SSSR count). The summed E-state index contributed by atoms with van der Waals surface area (Å²) in [6, 6.07) is 5.43. The molecule has 1 saturated heterocycles. The number of ether oxygens (including phenoxy) is 4. The quantitative estimate of drug-likeness (QED) is 0.436. The highest BCUT2D eigenvalue weighted by Gasteiger charge is 2.47. The van der Waals surface area contributed by atoms with Gasteiger partial charge in [0.2, 0.25) is 0 Å². The molecule has 210 valence electrons. The Balaban J connectivity index is 1.60. The summed E-state index contributed by atoms with van der Waals surface area (Å²) in [4.78, 5) is 37.7. The molecule has 1 aromatic carbocycles. The van der Waals surface area contributed by atoms with Gasteiger partial charge >= 0.3 is 12.1 Å². The molecule has 2 amide bonds. The number of hydrogen-bond donors (Lipinski definition) is 2. The molecule has 39 heavy (non-hydrogen) atoms. The number of nitrogens with one attached hydrogen (secondary N) is 2. The number of carbonyl (C=O) groups is 3. The lowest BCUT2D eigenvalue weighted by Gasteiger charge is -2.34. The van der Waals surface area contributed by atoms with E-state index in [-0.39, 0.29) is 18.1 Å². The SMILES string of the molecule is COC(=O)[C@@H](NC(=O)c1ccc(C#CC#CC2C[C@@H]3OC(C)(C)O[C@@H]3C2)cc1)C(C)(C)NC(=O)OC(C)(C)C. The lowest BCUT2D eigenvalue weighted by atomic mass is 9.94. The molecule has 2 aliphatic rings. The molecule has 4 atom stereocenters. The minimum absolute atomic E-state index is 0.0865. The van der Waals surface area contributed by atoms with Crippen LogP contribution in [-0.4, -0.2) is 60.3 Å². The Bertz CT molecular complexity index is 1190. The Morgan fingerprint density at radius 3 is 2.13 bits per heavy atom. The van der Waals surface area contributed by atoms with E-state index >= 15 is 0 Å². The van der Waals surface area contributed by atoms with E-state index in [9.17, 15) is 14.4 Å². The molecular formula is C30H38N2O7. The van der Waals surface area contributed by atoms with E-state index in [4.69, 9.17) is 18.9 Å². The fraction of sp³-hybridized carbons (Fsp3) is 0.567. The number of rotatable bonds is 5. The van der Waals surface area contributed by atoms with E-state index in [0.717, 1.165) is 12.8 Å². The van der Waals surface area contributed by atoms with E-state index in [2.05, 4.69) is 34.3 Å². The van der Waals surface area contributed by atoms with Crippen LogP contribution < -0.4 is 10.6 Å². The van der Waals surface area contributed by atoms with Crippen LogP contribution >= 0.6 is 0 Å². The van der Waals surface area contributed by atoms with Crippen LogP contribution in [0.1, 0.15) is 77.2 Å². The van der Waals surface area contributed by atoms with Crippen LogP contribution in [0.15, 0.2) is 24.3 Å². The molecule has 2 fully saturated rings. The number of amides is 2. The molecule has 9 heteroatoms. The third-order valence-electron chi connectivity index (χ3n) is 6.27. The monoisotopic (exact) mass is 538 g/mol. The minimum Gasteiger partial charge on any atom is -0.467 e. The van der Waals surface area contributed by atoms with Crippen molar-refractivity contribution in [3.63, 3.8) is 0 Å². The van der Waals surface area contributed by atoms with E-state index < -0.39 is 40.9 Å². The fourth-order valence-corrected chi connectivity index (χ4v) is 4.53. The molecule has 1 unspecified atom stereocenters. The van der Waals surface area contributed by atoms with Gasteiger partial charge in [0, 0.05) is 17.0 Å². The fourth-order valence-electron chi connectivity index (χ4n) is 4.53. The summed E-state index contributed by atoms with van der Waals surface area (Å²) in [6.07, 6.45) is 1.13.